The monoisotopic (exact) mass is 1080 g/mol. The van der Waals surface area contributed by atoms with Gasteiger partial charge in [0, 0.05) is 13.8 Å². The van der Waals surface area contributed by atoms with Crippen molar-refractivity contribution in [3.8, 4) is 0 Å². The Kier molecular flexibility index (Phi) is 25.8. The summed E-state index contributed by atoms with van der Waals surface area (Å²) in [6.07, 6.45) is -37.5. The number of hydrogen-bond acceptors (Lipinski definition) is 37. The molecule has 0 bridgehead atoms. The molecule has 0 spiro atoms. The number of ether oxygens (including phenoxy) is 8. The molecule has 404 valence electrons. The highest BCUT2D eigenvalue weighted by Crippen LogP contribution is 2.39. The van der Waals surface area contributed by atoms with Gasteiger partial charge in [0.2, 0.25) is 11.8 Å². The minimum Gasteiger partial charge on any atom is -0.692 e. The van der Waals surface area contributed by atoms with Crippen LogP contribution in [0.15, 0.2) is 12.7 Å². The van der Waals surface area contributed by atoms with E-state index >= 15 is 0 Å². The highest BCUT2D eigenvalue weighted by Gasteiger charge is 2.59. The Balaban J connectivity index is 1.83. The van der Waals surface area contributed by atoms with Crippen molar-refractivity contribution in [3.05, 3.63) is 12.7 Å². The van der Waals surface area contributed by atoms with Crippen molar-refractivity contribution < 1.29 is 164 Å². The number of hydrogen-bond donors (Lipinski definition) is 7. The Labute approximate surface area is 404 Å². The van der Waals surface area contributed by atoms with Crippen molar-refractivity contribution in [2.75, 3.05) is 19.8 Å². The highest BCUT2D eigenvalue weighted by atomic mass is 32.2. The van der Waals surface area contributed by atoms with Crippen molar-refractivity contribution in [3.63, 3.8) is 0 Å². The summed E-state index contributed by atoms with van der Waals surface area (Å²) < 4.78 is 74.3. The number of carbonyl (C=O) groups excluding carboxylic acids is 4. The molecule has 4 saturated heterocycles. The average Bonchev–Trinajstić information content (AvgIpc) is 3.31. The molecule has 0 aromatic carbocycles. The van der Waals surface area contributed by atoms with Gasteiger partial charge >= 0.3 is 0 Å². The van der Waals surface area contributed by atoms with Gasteiger partial charge in [0.1, 0.15) is 79.2 Å². The van der Waals surface area contributed by atoms with Crippen LogP contribution in [-0.4, -0.2) is 192 Å². The van der Waals surface area contributed by atoms with Crippen LogP contribution in [0.25, 0.3) is 0 Å². The summed E-state index contributed by atoms with van der Waals surface area (Å²) in [6.45, 7) is 3.07. The summed E-state index contributed by atoms with van der Waals surface area (Å²) >= 11 is -0.984. The van der Waals surface area contributed by atoms with E-state index in [2.05, 4.69) is 55.3 Å². The SMILES string of the molecule is C=CCOC1OC(CO)[C@H](O)[C@H](OC2OC(C(=O)[O-])[C@H](OC3OC(CO)[C@H](O)[C@H](OC4OC(C(=O)[O-])[C@H](O)[C@H](OO[O-])[C@H]4OSOO[O-])[C@H]3NC(C)=O)[C@H](OSOO[O-])[C@H]2OSOO[O-])[C@H]1NC(C)=O. The lowest BCUT2D eigenvalue weighted by atomic mass is 9.94. The molecule has 0 aromatic rings. The van der Waals surface area contributed by atoms with E-state index in [0.717, 1.165) is 13.8 Å². The first kappa shape index (κ1) is 60.1. The second-order valence-corrected chi connectivity index (χ2v) is 15.6. The molecule has 0 aliphatic carbocycles. The number of carboxylic acids is 2. The molecule has 4 heterocycles. The van der Waals surface area contributed by atoms with Gasteiger partial charge in [-0.1, -0.05) is 6.08 Å². The van der Waals surface area contributed by atoms with Crippen molar-refractivity contribution in [1.29, 1.82) is 0 Å². The number of aliphatic hydroxyl groups excluding tert-OH is 5. The van der Waals surface area contributed by atoms with E-state index in [-0.39, 0.29) is 43.6 Å². The molecule has 4 aliphatic rings. The van der Waals surface area contributed by atoms with Crippen LogP contribution in [0.2, 0.25) is 0 Å². The molecule has 70 heavy (non-hydrogen) atoms. The Morgan fingerprint density at radius 3 is 1.43 bits per heavy atom. The second-order valence-electron chi connectivity index (χ2n) is 14.2. The van der Waals surface area contributed by atoms with E-state index in [1.54, 1.807) is 0 Å². The zero-order valence-electron chi connectivity index (χ0n) is 35.3. The molecule has 8 unspecified atom stereocenters. The zero-order valence-corrected chi connectivity index (χ0v) is 37.7. The topological polar surface area (TPSA) is 507 Å². The van der Waals surface area contributed by atoms with Crippen molar-refractivity contribution in [2.45, 2.75) is 137 Å². The first-order valence-corrected chi connectivity index (χ1v) is 21.4. The molecule has 4 rings (SSSR count). The van der Waals surface area contributed by atoms with Crippen LogP contribution in [0.3, 0.4) is 0 Å². The maximum atomic E-state index is 13.1. The third-order valence-corrected chi connectivity index (χ3v) is 11.2. The average molecular weight is 1080 g/mol. The lowest BCUT2D eigenvalue weighted by Gasteiger charge is -2.51. The summed E-state index contributed by atoms with van der Waals surface area (Å²) in [5, 5.41) is 140. The predicted molar refractivity (Wildman–Crippen MR) is 193 cm³/mol. The zero-order chi connectivity index (χ0) is 51.7. The summed E-state index contributed by atoms with van der Waals surface area (Å²) in [4.78, 5) is 54.7. The van der Waals surface area contributed by atoms with Gasteiger partial charge in [0.25, 0.3) is 0 Å². The van der Waals surface area contributed by atoms with Crippen LogP contribution in [0.5, 0.6) is 0 Å². The molecule has 7 N–H and O–H groups in total. The van der Waals surface area contributed by atoms with Gasteiger partial charge in [-0.3, -0.25) is 42.3 Å². The molecule has 20 atom stereocenters. The lowest BCUT2D eigenvalue weighted by Crippen LogP contribution is -2.71. The maximum Gasteiger partial charge on any atom is 0.217 e. The van der Waals surface area contributed by atoms with Crippen LogP contribution in [-0.2, 0) is 108 Å². The predicted octanol–water partition coefficient (Wildman–Crippen LogP) is -12.1. The molecule has 39 heteroatoms. The molecule has 4 fully saturated rings. The Morgan fingerprint density at radius 1 is 0.571 bits per heavy atom. The standard InChI is InChI=1S/C31H48N2O34S3/c1-4-5-49-28-12(32-8(2)36)17(14(38)10(6-34)50-28)52-31-25(60-70-67-64-48)22(58-68-65-62-46)21(23(56-31)27(43)44)55-29-13(33-9(3)37)18(15(39)11(7-35)51-29)53-30-24(59-69-66-63-47)19(57-61-45)16(40)20(54-30)26(41)42/h4,10-25,28-31,34-35,38-40,45-48H,1,5-7H2,2-3H3,(H,32,36)(H,33,37)(H,41,42)(H,43,44)/p-6/t10?,11?,12-,13-,14+,15+,16-,17-,18-,19+,20?,21-,22+,23?,24-,25-,28?,29?,30?,31?/m1/s1. The van der Waals surface area contributed by atoms with Crippen LogP contribution < -0.4 is 41.9 Å². The van der Waals surface area contributed by atoms with Gasteiger partial charge in [-0.05, 0) is 0 Å². The van der Waals surface area contributed by atoms with E-state index in [1.165, 1.54) is 6.08 Å². The van der Waals surface area contributed by atoms with Gasteiger partial charge in [-0.2, -0.15) is 0 Å². The number of aliphatic carboxylic acids is 2. The number of nitrogens with one attached hydrogen (secondary N) is 2. The van der Waals surface area contributed by atoms with Crippen LogP contribution in [0.4, 0.5) is 0 Å². The number of aliphatic hydroxyl groups is 5. The molecule has 0 saturated carbocycles. The Hall–Kier alpha value is -2.45. The van der Waals surface area contributed by atoms with E-state index in [1.807, 2.05) is 0 Å². The molecule has 2 amide bonds. The van der Waals surface area contributed by atoms with Gasteiger partial charge in [0.15, 0.2) is 80.4 Å². The largest absolute Gasteiger partial charge is 0.692 e. The van der Waals surface area contributed by atoms with Gasteiger partial charge in [0.05, 0.1) is 31.8 Å². The lowest BCUT2D eigenvalue weighted by molar-refractivity contribution is -0.808. The van der Waals surface area contributed by atoms with Gasteiger partial charge in [-0.15, -0.1) is 19.6 Å². The minimum absolute atomic E-state index is 0.247. The molecule has 4 aliphatic heterocycles. The summed E-state index contributed by atoms with van der Waals surface area (Å²) in [5.41, 5.74) is 0. The summed E-state index contributed by atoms with van der Waals surface area (Å²) in [6, 6.07) is -3.60. The molecular formula is C31H42N2O34S3-6. The van der Waals surface area contributed by atoms with E-state index in [9.17, 15) is 76.0 Å². The summed E-state index contributed by atoms with van der Waals surface area (Å²) in [5.74, 6) is -6.20. The first-order chi connectivity index (χ1) is 33.5. The smallest absolute Gasteiger partial charge is 0.217 e. The van der Waals surface area contributed by atoms with Crippen LogP contribution >= 0.6 is 37.0 Å². The summed E-state index contributed by atoms with van der Waals surface area (Å²) in [7, 11) is 0. The molecular weight excluding hydrogens is 1040 g/mol. The number of carbonyl (C=O) groups is 4. The van der Waals surface area contributed by atoms with Crippen molar-refractivity contribution in [2.24, 2.45) is 0 Å². The van der Waals surface area contributed by atoms with Crippen LogP contribution in [0, 0.1) is 0 Å². The molecule has 0 radical (unpaired) electrons. The Morgan fingerprint density at radius 2 is 1.00 bits per heavy atom. The third-order valence-electron chi connectivity index (χ3n) is 9.95. The number of carboxylic acid groups (broad SMARTS) is 2. The highest BCUT2D eigenvalue weighted by molar-refractivity contribution is 7.90. The fraction of sp³-hybridized carbons (Fsp3) is 0.806. The molecule has 0 aromatic heterocycles. The van der Waals surface area contributed by atoms with Gasteiger partial charge in [-0.25, -0.2) is 4.89 Å². The van der Waals surface area contributed by atoms with Crippen LogP contribution in [0.1, 0.15) is 13.8 Å². The first-order valence-electron chi connectivity index (χ1n) is 19.4. The fourth-order valence-electron chi connectivity index (χ4n) is 7.20. The van der Waals surface area contributed by atoms with Crippen molar-refractivity contribution >= 4 is 60.7 Å². The van der Waals surface area contributed by atoms with E-state index in [4.69, 9.17) is 50.4 Å². The number of rotatable bonds is 29. The van der Waals surface area contributed by atoms with E-state index < -0.39 is 160 Å². The quantitative estimate of drug-likeness (QED) is 0.0120. The minimum atomic E-state index is -2.58. The van der Waals surface area contributed by atoms with Crippen molar-refractivity contribution in [1.82, 2.24) is 10.6 Å². The molecule has 36 nitrogen and oxygen atoms in total. The van der Waals surface area contributed by atoms with Gasteiger partial charge < -0.3 is 115 Å². The number of amides is 2. The maximum absolute atomic E-state index is 13.1. The third kappa shape index (κ3) is 15.8. The fourth-order valence-corrected chi connectivity index (χ4v) is 8.25. The normalized spacial score (nSPS) is 37.9. The second kappa shape index (κ2) is 30.0. The Bertz CT molecular complexity index is 1640. The van der Waals surface area contributed by atoms with E-state index in [0.29, 0.717) is 0 Å².